The van der Waals surface area contributed by atoms with Gasteiger partial charge in [0, 0.05) is 6.61 Å². The Balaban J connectivity index is 2.10. The van der Waals surface area contributed by atoms with E-state index < -0.39 is 17.1 Å². The Morgan fingerprint density at radius 1 is 1.63 bits per heavy atom. The zero-order chi connectivity index (χ0) is 14.0. The van der Waals surface area contributed by atoms with Gasteiger partial charge in [-0.25, -0.2) is 9.89 Å². The van der Waals surface area contributed by atoms with E-state index in [-0.39, 0.29) is 17.8 Å². The number of hydrogen-bond acceptors (Lipinski definition) is 4. The molecule has 1 saturated heterocycles. The van der Waals surface area contributed by atoms with Gasteiger partial charge in [0.2, 0.25) is 0 Å². The van der Waals surface area contributed by atoms with Gasteiger partial charge in [-0.2, -0.15) is 13.2 Å². The number of nitrogens with one attached hydrogen (secondary N) is 1. The second-order valence-electron chi connectivity index (χ2n) is 4.36. The molecule has 1 N–H and O–H groups in total. The maximum absolute atomic E-state index is 12.5. The first-order valence-corrected chi connectivity index (χ1v) is 6.76. The molecule has 2 atom stereocenters. The van der Waals surface area contributed by atoms with Crippen molar-refractivity contribution < 1.29 is 17.9 Å². The van der Waals surface area contributed by atoms with Crippen LogP contribution in [0.3, 0.4) is 0 Å². The van der Waals surface area contributed by atoms with Crippen LogP contribution in [0.2, 0.25) is 0 Å². The van der Waals surface area contributed by atoms with Gasteiger partial charge in [0.25, 0.3) is 0 Å². The van der Waals surface area contributed by atoms with E-state index in [1.54, 1.807) is 0 Å². The highest BCUT2D eigenvalue weighted by molar-refractivity contribution is 7.99. The highest BCUT2D eigenvalue weighted by atomic mass is 32.2. The van der Waals surface area contributed by atoms with Crippen LogP contribution < -0.4 is 5.69 Å². The summed E-state index contributed by atoms with van der Waals surface area (Å²) in [7, 11) is 0. The summed E-state index contributed by atoms with van der Waals surface area (Å²) in [6.45, 7) is 1.90. The second kappa shape index (κ2) is 5.58. The van der Waals surface area contributed by atoms with Crippen molar-refractivity contribution in [3.63, 3.8) is 0 Å². The van der Waals surface area contributed by atoms with E-state index in [4.69, 9.17) is 4.74 Å². The maximum Gasteiger partial charge on any atom is 0.400 e. The Hall–Kier alpha value is -0.960. The van der Waals surface area contributed by atoms with Crippen LogP contribution in [0.25, 0.3) is 0 Å². The molecule has 0 aromatic carbocycles. The van der Waals surface area contributed by atoms with Crippen molar-refractivity contribution in [2.75, 3.05) is 6.61 Å². The molecule has 1 aromatic heterocycles. The molecular formula is C10H14F3N3O2S. The fourth-order valence-corrected chi connectivity index (χ4v) is 2.60. The Morgan fingerprint density at radius 3 is 2.95 bits per heavy atom. The number of rotatable bonds is 4. The Bertz CT molecular complexity index is 479. The highest BCUT2D eigenvalue weighted by Crippen LogP contribution is 2.33. The molecule has 1 fully saturated rings. The molecule has 0 saturated carbocycles. The molecule has 19 heavy (non-hydrogen) atoms. The molecule has 1 aliphatic rings. The van der Waals surface area contributed by atoms with Gasteiger partial charge < -0.3 is 4.74 Å². The Morgan fingerprint density at radius 2 is 2.37 bits per heavy atom. The lowest BCUT2D eigenvalue weighted by atomic mass is 10.2. The average Bonchev–Trinajstić information content (AvgIpc) is 2.92. The number of halogens is 3. The fraction of sp³-hybridized carbons (Fsp3) is 0.800. The fourth-order valence-electron chi connectivity index (χ4n) is 1.77. The molecule has 0 unspecified atom stereocenters. The van der Waals surface area contributed by atoms with Crippen molar-refractivity contribution in [1.82, 2.24) is 14.8 Å². The minimum absolute atomic E-state index is 0.0466. The van der Waals surface area contributed by atoms with E-state index in [9.17, 15) is 18.0 Å². The standard InChI is InChI=1S/C10H14F3N3O2S/c1-6(10(11,12)13)19-9-15-14-8(17)16(9)5-7-3-2-4-18-7/h6-7H,2-5H2,1H3,(H,14,17)/t6-,7-/m0/s1. The summed E-state index contributed by atoms with van der Waals surface area (Å²) in [6.07, 6.45) is -2.75. The molecule has 108 valence electrons. The SMILES string of the molecule is C[C@H](Sc1n[nH]c(=O)n1C[C@@H]1CCCO1)C(F)(F)F. The predicted octanol–water partition coefficient (Wildman–Crippen LogP) is 1.79. The summed E-state index contributed by atoms with van der Waals surface area (Å²) in [6, 6.07) is 0. The number of aromatic nitrogens is 3. The highest BCUT2D eigenvalue weighted by Gasteiger charge is 2.38. The van der Waals surface area contributed by atoms with E-state index >= 15 is 0 Å². The minimum atomic E-state index is -4.33. The van der Waals surface area contributed by atoms with Crippen LogP contribution in [0.1, 0.15) is 19.8 Å². The summed E-state index contributed by atoms with van der Waals surface area (Å²) in [5, 5.41) is 4.25. The number of alkyl halides is 3. The zero-order valence-corrected chi connectivity index (χ0v) is 11.1. The summed E-state index contributed by atoms with van der Waals surface area (Å²) in [4.78, 5) is 11.6. The van der Waals surface area contributed by atoms with Gasteiger partial charge in [0.05, 0.1) is 12.6 Å². The van der Waals surface area contributed by atoms with Crippen molar-refractivity contribution >= 4 is 11.8 Å². The van der Waals surface area contributed by atoms with Crippen LogP contribution in [0, 0.1) is 0 Å². The number of nitrogens with zero attached hydrogens (tertiary/aromatic N) is 2. The summed E-state index contributed by atoms with van der Waals surface area (Å²) in [5.41, 5.74) is -0.507. The molecule has 0 bridgehead atoms. The predicted molar refractivity (Wildman–Crippen MR) is 63.2 cm³/mol. The Labute approximate surface area is 111 Å². The molecule has 1 aromatic rings. The number of aromatic amines is 1. The molecule has 0 aliphatic carbocycles. The quantitative estimate of drug-likeness (QED) is 0.861. The molecule has 2 heterocycles. The van der Waals surface area contributed by atoms with E-state index in [2.05, 4.69) is 10.2 Å². The summed E-state index contributed by atoms with van der Waals surface area (Å²) in [5.74, 6) is 0. The molecule has 0 spiro atoms. The Kier molecular flexibility index (Phi) is 4.24. The summed E-state index contributed by atoms with van der Waals surface area (Å²) < 4.78 is 44.1. The van der Waals surface area contributed by atoms with Crippen LogP contribution in [-0.2, 0) is 11.3 Å². The topological polar surface area (TPSA) is 59.9 Å². The monoisotopic (exact) mass is 297 g/mol. The number of thioether (sulfide) groups is 1. The van der Waals surface area contributed by atoms with E-state index in [1.165, 1.54) is 4.57 Å². The second-order valence-corrected chi connectivity index (χ2v) is 5.67. The van der Waals surface area contributed by atoms with Gasteiger partial charge in [0.15, 0.2) is 5.16 Å². The minimum Gasteiger partial charge on any atom is -0.376 e. The average molecular weight is 297 g/mol. The molecule has 9 heteroatoms. The largest absolute Gasteiger partial charge is 0.400 e. The number of H-pyrrole nitrogens is 1. The van der Waals surface area contributed by atoms with Crippen LogP contribution >= 0.6 is 11.8 Å². The normalized spacial score (nSPS) is 21.8. The molecule has 1 aliphatic heterocycles. The van der Waals surface area contributed by atoms with E-state index in [0.29, 0.717) is 18.4 Å². The van der Waals surface area contributed by atoms with Crippen molar-refractivity contribution in [3.8, 4) is 0 Å². The van der Waals surface area contributed by atoms with Gasteiger partial charge in [-0.05, 0) is 19.8 Å². The van der Waals surface area contributed by atoms with Gasteiger partial charge in [-0.1, -0.05) is 11.8 Å². The van der Waals surface area contributed by atoms with Crippen LogP contribution in [0.5, 0.6) is 0 Å². The first kappa shape index (κ1) is 14.4. The molecule has 0 amide bonds. The first-order valence-electron chi connectivity index (χ1n) is 5.88. The lowest BCUT2D eigenvalue weighted by Crippen LogP contribution is -2.27. The van der Waals surface area contributed by atoms with Gasteiger partial charge in [-0.15, -0.1) is 5.10 Å². The van der Waals surface area contributed by atoms with Gasteiger partial charge in [-0.3, -0.25) is 4.57 Å². The van der Waals surface area contributed by atoms with Crippen LogP contribution in [0.4, 0.5) is 13.2 Å². The lowest BCUT2D eigenvalue weighted by Gasteiger charge is -2.15. The van der Waals surface area contributed by atoms with E-state index in [0.717, 1.165) is 19.8 Å². The lowest BCUT2D eigenvalue weighted by molar-refractivity contribution is -0.125. The van der Waals surface area contributed by atoms with Crippen molar-refractivity contribution in [2.24, 2.45) is 0 Å². The van der Waals surface area contributed by atoms with Crippen LogP contribution in [-0.4, -0.2) is 38.9 Å². The zero-order valence-electron chi connectivity index (χ0n) is 10.2. The van der Waals surface area contributed by atoms with Crippen molar-refractivity contribution in [2.45, 2.75) is 49.0 Å². The summed E-state index contributed by atoms with van der Waals surface area (Å²) >= 11 is 0.521. The molecule has 2 rings (SSSR count). The first-order chi connectivity index (χ1) is 8.88. The molecular weight excluding hydrogens is 283 g/mol. The maximum atomic E-state index is 12.5. The van der Waals surface area contributed by atoms with Crippen molar-refractivity contribution in [1.29, 1.82) is 0 Å². The van der Waals surface area contributed by atoms with Crippen molar-refractivity contribution in [3.05, 3.63) is 10.5 Å². The van der Waals surface area contributed by atoms with E-state index in [1.807, 2.05) is 0 Å². The number of hydrogen-bond donors (Lipinski definition) is 1. The molecule has 0 radical (unpaired) electrons. The van der Waals surface area contributed by atoms with Gasteiger partial charge >= 0.3 is 11.9 Å². The number of ether oxygens (including phenoxy) is 1. The third-order valence-corrected chi connectivity index (χ3v) is 4.02. The van der Waals surface area contributed by atoms with Crippen LogP contribution in [0.15, 0.2) is 9.95 Å². The smallest absolute Gasteiger partial charge is 0.376 e. The van der Waals surface area contributed by atoms with Gasteiger partial charge in [0.1, 0.15) is 5.25 Å². The molecule has 5 nitrogen and oxygen atoms in total. The third-order valence-electron chi connectivity index (χ3n) is 2.88. The third kappa shape index (κ3) is 3.53.